The molecule has 1 saturated carbocycles. The number of allylic oxidation sites excluding steroid dienone is 2. The lowest BCUT2D eigenvalue weighted by atomic mass is 9.89. The SMILES string of the molecule is COc1cc(C(=O)C=C[C@H]2CCC(=O)[C@@H]2CCCCCCC(=O)O)cc(OC)c1OC. The first-order valence-corrected chi connectivity index (χ1v) is 10.7. The van der Waals surface area contributed by atoms with Crippen molar-refractivity contribution in [1.82, 2.24) is 0 Å². The van der Waals surface area contributed by atoms with E-state index < -0.39 is 5.97 Å². The van der Waals surface area contributed by atoms with Crippen molar-refractivity contribution in [1.29, 1.82) is 0 Å². The average molecular weight is 433 g/mol. The monoisotopic (exact) mass is 432 g/mol. The zero-order chi connectivity index (χ0) is 22.8. The van der Waals surface area contributed by atoms with E-state index >= 15 is 0 Å². The topological polar surface area (TPSA) is 99.1 Å². The van der Waals surface area contributed by atoms with Crippen LogP contribution < -0.4 is 14.2 Å². The van der Waals surface area contributed by atoms with Gasteiger partial charge >= 0.3 is 5.97 Å². The second-order valence-corrected chi connectivity index (χ2v) is 7.76. The van der Waals surface area contributed by atoms with Crippen LogP contribution in [0.4, 0.5) is 0 Å². The van der Waals surface area contributed by atoms with E-state index in [-0.39, 0.29) is 29.8 Å². The summed E-state index contributed by atoms with van der Waals surface area (Å²) in [5, 5.41) is 8.68. The standard InChI is InChI=1S/C24H32O7/c1-29-21-14-17(15-22(30-2)24(21)31-3)19(25)12-10-16-11-13-20(26)18(16)8-6-4-5-7-9-23(27)28/h10,12,14-16,18H,4-9,11,13H2,1-3H3,(H,27,28)/t16-,18+/m0/s1. The Bertz CT molecular complexity index is 787. The highest BCUT2D eigenvalue weighted by molar-refractivity contribution is 6.05. The number of carbonyl (C=O) groups is 3. The second-order valence-electron chi connectivity index (χ2n) is 7.76. The Morgan fingerprint density at radius 2 is 1.68 bits per heavy atom. The lowest BCUT2D eigenvalue weighted by molar-refractivity contribution is -0.137. The number of ether oxygens (including phenoxy) is 3. The predicted octanol–water partition coefficient (Wildman–Crippen LogP) is 4.47. The minimum absolute atomic E-state index is 0.0532. The normalized spacial score (nSPS) is 18.4. The number of ketones is 2. The van der Waals surface area contributed by atoms with Crippen LogP contribution in [-0.2, 0) is 9.59 Å². The van der Waals surface area contributed by atoms with E-state index in [1.807, 2.05) is 6.08 Å². The number of hydrogen-bond donors (Lipinski definition) is 1. The molecule has 1 aliphatic rings. The largest absolute Gasteiger partial charge is 0.493 e. The molecule has 1 aromatic carbocycles. The fraction of sp³-hybridized carbons (Fsp3) is 0.542. The molecule has 7 nitrogen and oxygen atoms in total. The highest BCUT2D eigenvalue weighted by atomic mass is 16.5. The van der Waals surface area contributed by atoms with Gasteiger partial charge in [-0.05, 0) is 43.4 Å². The molecule has 2 rings (SSSR count). The molecule has 1 fully saturated rings. The lowest BCUT2D eigenvalue weighted by Crippen LogP contribution is -2.13. The number of methoxy groups -OCH3 is 3. The van der Waals surface area contributed by atoms with E-state index in [1.54, 1.807) is 12.1 Å². The summed E-state index contributed by atoms with van der Waals surface area (Å²) in [4.78, 5) is 35.6. The van der Waals surface area contributed by atoms with Gasteiger partial charge in [0.2, 0.25) is 5.75 Å². The first-order chi connectivity index (χ1) is 14.9. The zero-order valence-corrected chi connectivity index (χ0v) is 18.5. The van der Waals surface area contributed by atoms with Gasteiger partial charge in [0.15, 0.2) is 17.3 Å². The molecule has 0 radical (unpaired) electrons. The fourth-order valence-electron chi connectivity index (χ4n) is 4.06. The molecule has 1 N–H and O–H groups in total. The van der Waals surface area contributed by atoms with Gasteiger partial charge in [-0.15, -0.1) is 0 Å². The van der Waals surface area contributed by atoms with E-state index in [0.29, 0.717) is 35.7 Å². The Morgan fingerprint density at radius 1 is 1.03 bits per heavy atom. The van der Waals surface area contributed by atoms with Crippen molar-refractivity contribution < 1.29 is 33.7 Å². The first-order valence-electron chi connectivity index (χ1n) is 10.7. The highest BCUT2D eigenvalue weighted by Gasteiger charge is 2.32. The van der Waals surface area contributed by atoms with Gasteiger partial charge in [0, 0.05) is 24.3 Å². The van der Waals surface area contributed by atoms with Crippen LogP contribution in [-0.4, -0.2) is 44.0 Å². The first kappa shape index (κ1) is 24.4. The minimum Gasteiger partial charge on any atom is -0.493 e. The number of aliphatic carboxylic acids is 1. The molecule has 170 valence electrons. The molecule has 1 aliphatic carbocycles. The molecule has 2 atom stereocenters. The van der Waals surface area contributed by atoms with Gasteiger partial charge in [0.1, 0.15) is 5.78 Å². The molecule has 0 spiro atoms. The van der Waals surface area contributed by atoms with Crippen molar-refractivity contribution in [2.75, 3.05) is 21.3 Å². The lowest BCUT2D eigenvalue weighted by Gasteiger charge is -2.15. The molecule has 0 aliphatic heterocycles. The van der Waals surface area contributed by atoms with Gasteiger partial charge in [0.05, 0.1) is 21.3 Å². The Morgan fingerprint density at radius 3 is 2.26 bits per heavy atom. The van der Waals surface area contributed by atoms with Gasteiger partial charge in [-0.25, -0.2) is 0 Å². The quantitative estimate of drug-likeness (QED) is 0.279. The van der Waals surface area contributed by atoms with Crippen molar-refractivity contribution in [2.45, 2.75) is 51.4 Å². The summed E-state index contributed by atoms with van der Waals surface area (Å²) < 4.78 is 15.9. The number of carbonyl (C=O) groups excluding carboxylic acids is 2. The van der Waals surface area contributed by atoms with Crippen molar-refractivity contribution in [3.63, 3.8) is 0 Å². The maximum atomic E-state index is 12.7. The summed E-state index contributed by atoms with van der Waals surface area (Å²) in [7, 11) is 4.50. The summed E-state index contributed by atoms with van der Waals surface area (Å²) in [6.45, 7) is 0. The Labute approximate surface area is 183 Å². The molecule has 7 heteroatoms. The highest BCUT2D eigenvalue weighted by Crippen LogP contribution is 2.38. The smallest absolute Gasteiger partial charge is 0.303 e. The van der Waals surface area contributed by atoms with Crippen LogP contribution >= 0.6 is 0 Å². The van der Waals surface area contributed by atoms with Crippen LogP contribution in [0, 0.1) is 11.8 Å². The molecular formula is C24H32O7. The Kier molecular flexibility index (Phi) is 9.56. The third kappa shape index (κ3) is 6.84. The van der Waals surface area contributed by atoms with Gasteiger partial charge in [-0.1, -0.05) is 25.3 Å². The summed E-state index contributed by atoms with van der Waals surface area (Å²) in [5.41, 5.74) is 0.421. The van der Waals surface area contributed by atoms with Gasteiger partial charge in [-0.2, -0.15) is 0 Å². The van der Waals surface area contributed by atoms with E-state index in [2.05, 4.69) is 0 Å². The summed E-state index contributed by atoms with van der Waals surface area (Å²) >= 11 is 0. The van der Waals surface area contributed by atoms with Crippen molar-refractivity contribution in [3.8, 4) is 17.2 Å². The van der Waals surface area contributed by atoms with Crippen LogP contribution in [0.5, 0.6) is 17.2 Å². The summed E-state index contributed by atoms with van der Waals surface area (Å²) in [6.07, 6.45) is 8.97. The zero-order valence-electron chi connectivity index (χ0n) is 18.5. The van der Waals surface area contributed by atoms with Crippen molar-refractivity contribution in [3.05, 3.63) is 29.8 Å². The van der Waals surface area contributed by atoms with E-state index in [9.17, 15) is 14.4 Å². The summed E-state index contributed by atoms with van der Waals surface area (Å²) in [5.74, 6) is 0.529. The maximum absolute atomic E-state index is 12.7. The van der Waals surface area contributed by atoms with Crippen LogP contribution in [0.2, 0.25) is 0 Å². The van der Waals surface area contributed by atoms with Crippen molar-refractivity contribution >= 4 is 17.5 Å². The van der Waals surface area contributed by atoms with Crippen molar-refractivity contribution in [2.24, 2.45) is 11.8 Å². The number of rotatable bonds is 13. The molecule has 0 amide bonds. The molecule has 1 aromatic rings. The third-order valence-electron chi connectivity index (χ3n) is 5.75. The minimum atomic E-state index is -0.770. The number of benzene rings is 1. The molecule has 0 aromatic heterocycles. The van der Waals surface area contributed by atoms with Crippen LogP contribution in [0.1, 0.15) is 61.7 Å². The van der Waals surface area contributed by atoms with E-state index in [1.165, 1.54) is 27.4 Å². The average Bonchev–Trinajstić information content (AvgIpc) is 3.12. The number of carboxylic acid groups (broad SMARTS) is 1. The number of carboxylic acids is 1. The van der Waals surface area contributed by atoms with E-state index in [4.69, 9.17) is 19.3 Å². The maximum Gasteiger partial charge on any atom is 0.303 e. The van der Waals surface area contributed by atoms with Gasteiger partial charge < -0.3 is 19.3 Å². The molecule has 0 heterocycles. The van der Waals surface area contributed by atoms with Crippen LogP contribution in [0.15, 0.2) is 24.3 Å². The van der Waals surface area contributed by atoms with Gasteiger partial charge in [0.25, 0.3) is 0 Å². The van der Waals surface area contributed by atoms with Gasteiger partial charge in [-0.3, -0.25) is 14.4 Å². The molecule has 0 bridgehead atoms. The Hall–Kier alpha value is -2.83. The number of unbranched alkanes of at least 4 members (excludes halogenated alkanes) is 3. The number of hydrogen-bond acceptors (Lipinski definition) is 6. The molecule has 0 unspecified atom stereocenters. The van der Waals surface area contributed by atoms with Crippen LogP contribution in [0.3, 0.4) is 0 Å². The van der Waals surface area contributed by atoms with Crippen LogP contribution in [0.25, 0.3) is 0 Å². The fourth-order valence-corrected chi connectivity index (χ4v) is 4.06. The molecular weight excluding hydrogens is 400 g/mol. The number of Topliss-reactive ketones (excluding diaryl/α,β-unsaturated/α-hetero) is 1. The predicted molar refractivity (Wildman–Crippen MR) is 116 cm³/mol. The summed E-state index contributed by atoms with van der Waals surface area (Å²) in [6, 6.07) is 3.23. The Balaban J connectivity index is 1.99. The second kappa shape index (κ2) is 12.1. The third-order valence-corrected chi connectivity index (χ3v) is 5.75. The molecule has 0 saturated heterocycles. The van der Waals surface area contributed by atoms with E-state index in [0.717, 1.165) is 32.1 Å². The molecule has 31 heavy (non-hydrogen) atoms.